The number of anilines is 1. The summed E-state index contributed by atoms with van der Waals surface area (Å²) in [6.45, 7) is 0. The van der Waals surface area contributed by atoms with Crippen molar-refractivity contribution in [2.45, 2.75) is 6.17 Å². The number of carbonyl (C=O) groups is 1. The lowest BCUT2D eigenvalue weighted by atomic mass is 10.0. The highest BCUT2D eigenvalue weighted by molar-refractivity contribution is 6.20. The van der Waals surface area contributed by atoms with Gasteiger partial charge in [-0.05, 0) is 6.07 Å². The molecule has 0 saturated carbocycles. The van der Waals surface area contributed by atoms with E-state index in [1.807, 2.05) is 54.6 Å². The number of hydrogen-bond acceptors (Lipinski definition) is 4. The highest BCUT2D eigenvalue weighted by Crippen LogP contribution is 2.27. The molecule has 2 aromatic rings. The maximum Gasteiger partial charge on any atom is 0.274 e. The van der Waals surface area contributed by atoms with E-state index in [9.17, 15) is 9.59 Å². The maximum absolute atomic E-state index is 12.4. The molecule has 0 bridgehead atoms. The molecule has 1 aliphatic rings. The Hall–Kier alpha value is -3.04. The van der Waals surface area contributed by atoms with Gasteiger partial charge >= 0.3 is 0 Å². The molecule has 5 heteroatoms. The number of aliphatic imine (C=N–C) groups is 2. The van der Waals surface area contributed by atoms with Crippen LogP contribution in [-0.2, 0) is 9.59 Å². The van der Waals surface area contributed by atoms with Crippen LogP contribution in [0.2, 0.25) is 0 Å². The lowest BCUT2D eigenvalue weighted by Gasteiger charge is -2.18. The van der Waals surface area contributed by atoms with E-state index >= 15 is 0 Å². The second kappa shape index (κ2) is 5.76. The van der Waals surface area contributed by atoms with E-state index < -0.39 is 6.17 Å². The van der Waals surface area contributed by atoms with Gasteiger partial charge in [0, 0.05) is 18.2 Å². The van der Waals surface area contributed by atoms with Gasteiger partial charge in [0.1, 0.15) is 0 Å². The van der Waals surface area contributed by atoms with Crippen LogP contribution >= 0.6 is 0 Å². The zero-order valence-electron chi connectivity index (χ0n) is 11.9. The van der Waals surface area contributed by atoms with E-state index in [1.165, 1.54) is 11.0 Å². The predicted octanol–water partition coefficient (Wildman–Crippen LogP) is 2.16. The topological polar surface area (TPSA) is 62.1 Å². The van der Waals surface area contributed by atoms with Gasteiger partial charge in [0.25, 0.3) is 5.91 Å². The van der Waals surface area contributed by atoms with Crippen LogP contribution in [0.3, 0.4) is 0 Å². The summed E-state index contributed by atoms with van der Waals surface area (Å²) in [4.78, 5) is 32.5. The molecule has 0 fully saturated rings. The molecule has 5 nitrogen and oxygen atoms in total. The number of para-hydroxylation sites is 1. The lowest BCUT2D eigenvalue weighted by Crippen LogP contribution is -2.33. The molecule has 1 atom stereocenters. The third-order valence-corrected chi connectivity index (χ3v) is 3.55. The number of benzene rings is 2. The first-order valence-electron chi connectivity index (χ1n) is 6.79. The Bertz CT molecular complexity index is 793. The first-order chi connectivity index (χ1) is 10.7. The molecule has 0 unspecified atom stereocenters. The highest BCUT2D eigenvalue weighted by atomic mass is 16.2. The summed E-state index contributed by atoms with van der Waals surface area (Å²) in [7, 11) is 1.65. The number of hydrogen-bond donors (Lipinski definition) is 0. The molecule has 2 aromatic carbocycles. The summed E-state index contributed by atoms with van der Waals surface area (Å²) in [5, 5.41) is 0. The van der Waals surface area contributed by atoms with Crippen LogP contribution in [0.4, 0.5) is 5.69 Å². The molecule has 0 aliphatic carbocycles. The largest absolute Gasteiger partial charge is 0.311 e. The van der Waals surface area contributed by atoms with Crippen molar-refractivity contribution in [3.05, 3.63) is 65.7 Å². The SMILES string of the molecule is CN1C(=O)[C@H](N=C=O)N=C(c2ccccc2)c2ccccc21. The van der Waals surface area contributed by atoms with Crippen molar-refractivity contribution in [3.63, 3.8) is 0 Å². The van der Waals surface area contributed by atoms with E-state index in [0.29, 0.717) is 5.71 Å². The standard InChI is InChI=1S/C17H13N3O2/c1-20-14-10-6-5-9-13(14)15(12-7-3-2-4-8-12)19-16(17(20)22)18-11-21/h2-10,16H,1H3/t16-/m1/s1. The van der Waals surface area contributed by atoms with Gasteiger partial charge in [-0.25, -0.2) is 9.79 Å². The highest BCUT2D eigenvalue weighted by Gasteiger charge is 2.29. The monoisotopic (exact) mass is 291 g/mol. The number of amides is 1. The number of rotatable bonds is 2. The Morgan fingerprint density at radius 1 is 1.09 bits per heavy atom. The fraction of sp³-hybridized carbons (Fsp3) is 0.118. The van der Waals surface area contributed by atoms with Crippen molar-refractivity contribution in [1.82, 2.24) is 0 Å². The van der Waals surface area contributed by atoms with Crippen LogP contribution < -0.4 is 4.90 Å². The van der Waals surface area contributed by atoms with Crippen LogP contribution in [0, 0.1) is 0 Å². The molecule has 0 saturated heterocycles. The van der Waals surface area contributed by atoms with Gasteiger partial charge in [0.2, 0.25) is 12.2 Å². The van der Waals surface area contributed by atoms with Gasteiger partial charge in [-0.3, -0.25) is 4.79 Å². The van der Waals surface area contributed by atoms with Gasteiger partial charge in [0.05, 0.1) is 11.4 Å². The van der Waals surface area contributed by atoms with Crippen LogP contribution in [-0.4, -0.2) is 30.9 Å². The van der Waals surface area contributed by atoms with Gasteiger partial charge in [-0.2, -0.15) is 4.99 Å². The average Bonchev–Trinajstić information content (AvgIpc) is 2.67. The molecular weight excluding hydrogens is 278 g/mol. The van der Waals surface area contributed by atoms with Crippen molar-refractivity contribution >= 4 is 23.4 Å². The first-order valence-corrected chi connectivity index (χ1v) is 6.79. The number of benzodiazepines with no additional fused rings is 1. The zero-order valence-corrected chi connectivity index (χ0v) is 11.9. The molecule has 0 N–H and O–H groups in total. The fourth-order valence-corrected chi connectivity index (χ4v) is 2.47. The Morgan fingerprint density at radius 3 is 2.50 bits per heavy atom. The van der Waals surface area contributed by atoms with E-state index in [4.69, 9.17) is 0 Å². The molecule has 1 amide bonds. The summed E-state index contributed by atoms with van der Waals surface area (Å²) in [5.41, 5.74) is 3.06. The van der Waals surface area contributed by atoms with Gasteiger partial charge in [0.15, 0.2) is 0 Å². The Morgan fingerprint density at radius 2 is 1.77 bits per heavy atom. The van der Waals surface area contributed by atoms with Crippen LogP contribution in [0.25, 0.3) is 0 Å². The molecule has 22 heavy (non-hydrogen) atoms. The second-order valence-electron chi connectivity index (χ2n) is 4.85. The second-order valence-corrected chi connectivity index (χ2v) is 4.85. The van der Waals surface area contributed by atoms with Gasteiger partial charge in [-0.15, -0.1) is 0 Å². The van der Waals surface area contributed by atoms with Crippen molar-refractivity contribution in [2.75, 3.05) is 11.9 Å². The average molecular weight is 291 g/mol. The molecule has 3 rings (SSSR count). The number of fused-ring (bicyclic) bond motifs is 1. The third kappa shape index (κ3) is 2.34. The summed E-state index contributed by atoms with van der Waals surface area (Å²) in [6, 6.07) is 17.0. The number of nitrogens with zero attached hydrogens (tertiary/aromatic N) is 3. The van der Waals surface area contributed by atoms with Crippen molar-refractivity contribution in [1.29, 1.82) is 0 Å². The Kier molecular flexibility index (Phi) is 3.64. The van der Waals surface area contributed by atoms with Crippen LogP contribution in [0.5, 0.6) is 0 Å². The number of isocyanates is 1. The first kappa shape index (κ1) is 13.9. The smallest absolute Gasteiger partial charge is 0.274 e. The fourth-order valence-electron chi connectivity index (χ4n) is 2.47. The van der Waals surface area contributed by atoms with Gasteiger partial charge < -0.3 is 4.90 Å². The van der Waals surface area contributed by atoms with Gasteiger partial charge in [-0.1, -0.05) is 48.5 Å². The lowest BCUT2D eigenvalue weighted by molar-refractivity contribution is -0.119. The molecule has 1 aliphatic heterocycles. The van der Waals surface area contributed by atoms with Crippen LogP contribution in [0.15, 0.2) is 64.6 Å². The van der Waals surface area contributed by atoms with Crippen molar-refractivity contribution in [3.8, 4) is 0 Å². The van der Waals surface area contributed by atoms with Crippen molar-refractivity contribution < 1.29 is 9.59 Å². The van der Waals surface area contributed by atoms with Crippen LogP contribution in [0.1, 0.15) is 11.1 Å². The molecular formula is C17H13N3O2. The van der Waals surface area contributed by atoms with E-state index in [1.54, 1.807) is 7.05 Å². The normalized spacial score (nSPS) is 17.1. The summed E-state index contributed by atoms with van der Waals surface area (Å²) < 4.78 is 0. The molecule has 108 valence electrons. The minimum atomic E-state index is -1.11. The maximum atomic E-state index is 12.4. The number of carbonyl (C=O) groups excluding carboxylic acids is 2. The number of likely N-dealkylation sites (N-methyl/N-ethyl adjacent to an activating group) is 1. The minimum absolute atomic E-state index is 0.360. The van der Waals surface area contributed by atoms with Crippen molar-refractivity contribution in [2.24, 2.45) is 9.98 Å². The van der Waals surface area contributed by atoms with E-state index in [-0.39, 0.29) is 5.91 Å². The molecule has 0 aromatic heterocycles. The summed E-state index contributed by atoms with van der Waals surface area (Å²) in [6.07, 6.45) is 0.329. The predicted molar refractivity (Wildman–Crippen MR) is 83.8 cm³/mol. The molecule has 0 radical (unpaired) electrons. The summed E-state index contributed by atoms with van der Waals surface area (Å²) in [5.74, 6) is -0.360. The van der Waals surface area contributed by atoms with E-state index in [0.717, 1.165) is 16.8 Å². The third-order valence-electron chi connectivity index (χ3n) is 3.55. The zero-order chi connectivity index (χ0) is 15.5. The minimum Gasteiger partial charge on any atom is -0.311 e. The Balaban J connectivity index is 2.27. The Labute approximate surface area is 127 Å². The summed E-state index contributed by atoms with van der Waals surface area (Å²) >= 11 is 0. The molecule has 0 spiro atoms. The molecule has 1 heterocycles. The van der Waals surface area contributed by atoms with E-state index in [2.05, 4.69) is 9.98 Å². The quantitative estimate of drug-likeness (QED) is 0.629.